The summed E-state index contributed by atoms with van der Waals surface area (Å²) in [6.45, 7) is 2.24. The fraction of sp³-hybridized carbons (Fsp3) is 0.667. The molecule has 1 aliphatic carbocycles. The Morgan fingerprint density at radius 2 is 1.64 bits per heavy atom. The van der Waals surface area contributed by atoms with Crippen LogP contribution < -0.4 is 0 Å². The molecular weight excluding hydrogens is 301 g/mol. The Kier molecular flexibility index (Phi) is 6.99. The lowest BCUT2D eigenvalue weighted by Gasteiger charge is -2.29. The summed E-state index contributed by atoms with van der Waals surface area (Å²) in [5, 5.41) is 0. The van der Waals surface area contributed by atoms with Crippen molar-refractivity contribution < 1.29 is 13.2 Å². The van der Waals surface area contributed by atoms with E-state index in [-0.39, 0.29) is 15.4 Å². The molecule has 124 valence electrons. The van der Waals surface area contributed by atoms with E-state index in [1.807, 2.05) is 0 Å². The van der Waals surface area contributed by atoms with Crippen molar-refractivity contribution in [2.24, 2.45) is 5.92 Å². The lowest BCUT2D eigenvalue weighted by Crippen LogP contribution is -2.15. The van der Waals surface area contributed by atoms with Crippen molar-refractivity contribution in [1.82, 2.24) is 0 Å². The van der Waals surface area contributed by atoms with Gasteiger partial charge in [-0.05, 0) is 42.4 Å². The maximum atomic E-state index is 13.3. The lowest BCUT2D eigenvalue weighted by molar-refractivity contribution is 0.344. The lowest BCUT2D eigenvalue weighted by atomic mass is 9.79. The summed E-state index contributed by atoms with van der Waals surface area (Å²) < 4.78 is 39.7. The highest BCUT2D eigenvalue weighted by atomic mass is 28.2. The van der Waals surface area contributed by atoms with Gasteiger partial charge in [0.05, 0.1) is 0 Å². The molecule has 0 heterocycles. The Morgan fingerprint density at radius 1 is 1.00 bits per heavy atom. The Balaban J connectivity index is 1.77. The van der Waals surface area contributed by atoms with Crippen LogP contribution in [0.4, 0.5) is 13.2 Å². The van der Waals surface area contributed by atoms with Crippen LogP contribution in [0.15, 0.2) is 12.1 Å². The number of rotatable bonds is 7. The third-order valence-electron chi connectivity index (χ3n) is 5.04. The minimum absolute atomic E-state index is 0.0786. The Morgan fingerprint density at radius 3 is 2.23 bits per heavy atom. The predicted octanol–water partition coefficient (Wildman–Crippen LogP) is 5.57. The molecule has 1 aromatic carbocycles. The number of halogens is 3. The van der Waals surface area contributed by atoms with E-state index in [2.05, 4.69) is 6.92 Å². The van der Waals surface area contributed by atoms with Crippen LogP contribution in [0.5, 0.6) is 0 Å². The minimum Gasteiger partial charge on any atom is -0.204 e. The number of unbranched alkanes of at least 4 members (excludes halogenated alkanes) is 2. The summed E-state index contributed by atoms with van der Waals surface area (Å²) in [7, 11) is 0.0786. The van der Waals surface area contributed by atoms with Crippen molar-refractivity contribution in [3.8, 4) is 0 Å². The summed E-state index contributed by atoms with van der Waals surface area (Å²) in [6.07, 6.45) is 8.34. The van der Waals surface area contributed by atoms with E-state index in [0.717, 1.165) is 31.6 Å². The van der Waals surface area contributed by atoms with E-state index in [0.29, 0.717) is 5.56 Å². The minimum atomic E-state index is -1.35. The monoisotopic (exact) mass is 328 g/mol. The molecule has 0 radical (unpaired) electrons. The van der Waals surface area contributed by atoms with Crippen LogP contribution >= 0.6 is 0 Å². The van der Waals surface area contributed by atoms with Gasteiger partial charge in [0, 0.05) is 9.52 Å². The maximum absolute atomic E-state index is 13.3. The average Bonchev–Trinajstić information content (AvgIpc) is 2.52. The standard InChI is InChI=1S/C18H27F3Si/c1-2-3-4-9-22-12-13-5-7-14(8-6-13)15-10-16(19)18(21)17(20)11-15/h10-11,13-14H,2-9,12,22H2,1H3. The molecule has 0 aliphatic heterocycles. The molecule has 0 amide bonds. The van der Waals surface area contributed by atoms with Gasteiger partial charge in [-0.3, -0.25) is 0 Å². The molecule has 2 rings (SSSR count). The van der Waals surface area contributed by atoms with Crippen LogP contribution in [-0.2, 0) is 0 Å². The quantitative estimate of drug-likeness (QED) is 0.348. The molecule has 0 bridgehead atoms. The van der Waals surface area contributed by atoms with Gasteiger partial charge in [0.15, 0.2) is 17.5 Å². The van der Waals surface area contributed by atoms with Crippen molar-refractivity contribution in [3.63, 3.8) is 0 Å². The Hall–Kier alpha value is -0.773. The normalized spacial score (nSPS) is 22.5. The van der Waals surface area contributed by atoms with Crippen LogP contribution in [0.25, 0.3) is 0 Å². The smallest absolute Gasteiger partial charge is 0.194 e. The first-order chi connectivity index (χ1) is 10.6. The fourth-order valence-corrected chi connectivity index (χ4v) is 5.78. The van der Waals surface area contributed by atoms with Crippen LogP contribution in [0.2, 0.25) is 12.1 Å². The maximum Gasteiger partial charge on any atom is 0.194 e. The highest BCUT2D eigenvalue weighted by Gasteiger charge is 2.24. The molecule has 0 spiro atoms. The number of hydrogen-bond donors (Lipinski definition) is 0. The molecule has 0 saturated heterocycles. The van der Waals surface area contributed by atoms with Gasteiger partial charge in [0.2, 0.25) is 0 Å². The van der Waals surface area contributed by atoms with Gasteiger partial charge in [-0.15, -0.1) is 0 Å². The second-order valence-electron chi connectivity index (χ2n) is 6.72. The largest absolute Gasteiger partial charge is 0.204 e. The molecule has 1 fully saturated rings. The van der Waals surface area contributed by atoms with E-state index >= 15 is 0 Å². The molecule has 0 nitrogen and oxygen atoms in total. The van der Waals surface area contributed by atoms with E-state index < -0.39 is 17.5 Å². The Bertz CT molecular complexity index is 444. The van der Waals surface area contributed by atoms with Crippen molar-refractivity contribution in [1.29, 1.82) is 0 Å². The van der Waals surface area contributed by atoms with Crippen molar-refractivity contribution in [2.75, 3.05) is 0 Å². The van der Waals surface area contributed by atoms with Crippen molar-refractivity contribution >= 4 is 9.52 Å². The van der Waals surface area contributed by atoms with E-state index in [1.54, 1.807) is 0 Å². The van der Waals surface area contributed by atoms with Crippen LogP contribution in [0.1, 0.15) is 63.4 Å². The highest BCUT2D eigenvalue weighted by Crippen LogP contribution is 2.38. The molecule has 0 atom stereocenters. The van der Waals surface area contributed by atoms with Crippen LogP contribution in [0, 0.1) is 23.4 Å². The summed E-state index contributed by atoms with van der Waals surface area (Å²) in [6, 6.07) is 5.25. The summed E-state index contributed by atoms with van der Waals surface area (Å²) in [4.78, 5) is 0. The second-order valence-corrected chi connectivity index (χ2v) is 8.71. The zero-order valence-electron chi connectivity index (χ0n) is 13.5. The second kappa shape index (κ2) is 8.75. The van der Waals surface area contributed by atoms with Crippen LogP contribution in [0.3, 0.4) is 0 Å². The average molecular weight is 328 g/mol. The molecule has 22 heavy (non-hydrogen) atoms. The summed E-state index contributed by atoms with van der Waals surface area (Å²) in [5.41, 5.74) is 0.634. The molecule has 1 aromatic rings. The number of hydrogen-bond acceptors (Lipinski definition) is 0. The van der Waals surface area contributed by atoms with Crippen molar-refractivity contribution in [3.05, 3.63) is 35.1 Å². The molecule has 4 heteroatoms. The van der Waals surface area contributed by atoms with Gasteiger partial charge >= 0.3 is 0 Å². The first kappa shape index (κ1) is 17.6. The van der Waals surface area contributed by atoms with Crippen LogP contribution in [-0.4, -0.2) is 9.52 Å². The summed E-state index contributed by atoms with van der Waals surface area (Å²) in [5.74, 6) is -2.45. The molecule has 0 unspecified atom stereocenters. The van der Waals surface area contributed by atoms with E-state index in [9.17, 15) is 13.2 Å². The van der Waals surface area contributed by atoms with Crippen molar-refractivity contribution in [2.45, 2.75) is 69.9 Å². The molecular formula is C18H27F3Si. The van der Waals surface area contributed by atoms with Gasteiger partial charge in [0.1, 0.15) is 0 Å². The van der Waals surface area contributed by atoms with Gasteiger partial charge in [-0.2, -0.15) is 0 Å². The van der Waals surface area contributed by atoms with Gasteiger partial charge < -0.3 is 0 Å². The zero-order valence-corrected chi connectivity index (χ0v) is 14.9. The van der Waals surface area contributed by atoms with Gasteiger partial charge in [0.25, 0.3) is 0 Å². The molecule has 1 aliphatic rings. The predicted molar refractivity (Wildman–Crippen MR) is 88.7 cm³/mol. The molecule has 0 aromatic heterocycles. The van der Waals surface area contributed by atoms with Gasteiger partial charge in [-0.1, -0.05) is 51.1 Å². The molecule has 0 N–H and O–H groups in total. The first-order valence-electron chi connectivity index (χ1n) is 8.76. The molecule has 1 saturated carbocycles. The SMILES string of the molecule is CCCCC[SiH2]CC1CCC(c2cc(F)c(F)c(F)c2)CC1. The number of benzene rings is 1. The third kappa shape index (κ3) is 4.87. The van der Waals surface area contributed by atoms with E-state index in [4.69, 9.17) is 0 Å². The topological polar surface area (TPSA) is 0 Å². The fourth-order valence-electron chi connectivity index (χ4n) is 3.63. The highest BCUT2D eigenvalue weighted by molar-refractivity contribution is 6.35. The first-order valence-corrected chi connectivity index (χ1v) is 10.8. The Labute approximate surface area is 134 Å². The zero-order chi connectivity index (χ0) is 15.9. The summed E-state index contributed by atoms with van der Waals surface area (Å²) >= 11 is 0. The van der Waals surface area contributed by atoms with E-state index in [1.165, 1.54) is 43.5 Å². The van der Waals surface area contributed by atoms with Gasteiger partial charge in [-0.25, -0.2) is 13.2 Å². The third-order valence-corrected chi connectivity index (χ3v) is 7.26.